The maximum absolute atomic E-state index is 13.7. The summed E-state index contributed by atoms with van der Waals surface area (Å²) in [5.74, 6) is 0.872. The molecule has 7 nitrogen and oxygen atoms in total. The van der Waals surface area contributed by atoms with Crippen LogP contribution in [0.3, 0.4) is 0 Å². The van der Waals surface area contributed by atoms with Crippen molar-refractivity contribution in [2.24, 2.45) is 0 Å². The van der Waals surface area contributed by atoms with Crippen LogP contribution in [-0.2, 0) is 4.79 Å². The SMILES string of the molecule is Cc1cc(NC(=O)C(Sc2nnc(-c3ccccc3)n2-c2ccc(F)cc2)c2ccccc2)no1. The highest BCUT2D eigenvalue weighted by Gasteiger charge is 2.27. The zero-order valence-corrected chi connectivity index (χ0v) is 19.4. The summed E-state index contributed by atoms with van der Waals surface area (Å²) in [6, 6.07) is 26.7. The fourth-order valence-corrected chi connectivity index (χ4v) is 4.62. The van der Waals surface area contributed by atoms with Gasteiger partial charge in [-0.2, -0.15) is 0 Å². The predicted molar refractivity (Wildman–Crippen MR) is 132 cm³/mol. The molecule has 0 spiro atoms. The summed E-state index contributed by atoms with van der Waals surface area (Å²) < 4.78 is 20.6. The number of carbonyl (C=O) groups is 1. The number of thioether (sulfide) groups is 1. The molecule has 1 atom stereocenters. The largest absolute Gasteiger partial charge is 0.360 e. The van der Waals surface area contributed by atoms with Gasteiger partial charge in [0.05, 0.1) is 0 Å². The number of hydrogen-bond acceptors (Lipinski definition) is 6. The molecule has 0 aliphatic rings. The fraction of sp³-hybridized carbons (Fsp3) is 0.0769. The number of aryl methyl sites for hydroxylation is 1. The summed E-state index contributed by atoms with van der Waals surface area (Å²) in [5.41, 5.74) is 2.30. The number of benzene rings is 3. The van der Waals surface area contributed by atoms with Gasteiger partial charge in [-0.1, -0.05) is 77.6 Å². The van der Waals surface area contributed by atoms with E-state index in [0.717, 1.165) is 11.1 Å². The maximum atomic E-state index is 13.7. The zero-order valence-electron chi connectivity index (χ0n) is 18.6. The second-order valence-electron chi connectivity index (χ2n) is 7.70. The molecule has 0 saturated carbocycles. The van der Waals surface area contributed by atoms with Crippen molar-refractivity contribution >= 4 is 23.5 Å². The number of anilines is 1. The van der Waals surface area contributed by atoms with Gasteiger partial charge < -0.3 is 9.84 Å². The summed E-state index contributed by atoms with van der Waals surface area (Å²) in [5, 5.41) is 15.3. The van der Waals surface area contributed by atoms with Crippen LogP contribution in [0.4, 0.5) is 10.2 Å². The first-order valence-electron chi connectivity index (χ1n) is 10.8. The van der Waals surface area contributed by atoms with Crippen molar-refractivity contribution in [3.63, 3.8) is 0 Å². The number of hydrogen-bond donors (Lipinski definition) is 1. The molecule has 1 amide bonds. The second-order valence-corrected chi connectivity index (χ2v) is 8.78. The van der Waals surface area contributed by atoms with Crippen molar-refractivity contribution in [2.45, 2.75) is 17.3 Å². The summed E-state index contributed by atoms with van der Waals surface area (Å²) in [6.45, 7) is 1.75. The molecule has 0 radical (unpaired) electrons. The lowest BCUT2D eigenvalue weighted by atomic mass is 10.1. The molecule has 5 rings (SSSR count). The molecular formula is C26H20FN5O2S. The number of nitrogens with zero attached hydrogens (tertiary/aromatic N) is 4. The van der Waals surface area contributed by atoms with Crippen molar-refractivity contribution in [3.8, 4) is 17.1 Å². The molecule has 9 heteroatoms. The van der Waals surface area contributed by atoms with E-state index in [4.69, 9.17) is 4.52 Å². The molecule has 35 heavy (non-hydrogen) atoms. The van der Waals surface area contributed by atoms with E-state index in [1.807, 2.05) is 65.2 Å². The Bertz CT molecular complexity index is 1440. The van der Waals surface area contributed by atoms with E-state index in [1.54, 1.807) is 25.1 Å². The molecule has 0 aliphatic carbocycles. The van der Waals surface area contributed by atoms with Gasteiger partial charge in [-0.05, 0) is 36.8 Å². The first-order chi connectivity index (χ1) is 17.1. The van der Waals surface area contributed by atoms with E-state index in [9.17, 15) is 9.18 Å². The number of amides is 1. The second kappa shape index (κ2) is 9.94. The third kappa shape index (κ3) is 4.99. The third-order valence-corrected chi connectivity index (χ3v) is 6.39. The molecule has 0 aliphatic heterocycles. The quantitative estimate of drug-likeness (QED) is 0.292. The molecule has 0 bridgehead atoms. The number of rotatable bonds is 7. The average Bonchev–Trinajstić information content (AvgIpc) is 3.49. The van der Waals surface area contributed by atoms with Gasteiger partial charge in [0, 0.05) is 17.3 Å². The monoisotopic (exact) mass is 485 g/mol. The van der Waals surface area contributed by atoms with Crippen LogP contribution >= 0.6 is 11.8 Å². The molecule has 0 fully saturated rings. The third-order valence-electron chi connectivity index (χ3n) is 5.19. The molecule has 1 N–H and O–H groups in total. The fourth-order valence-electron chi connectivity index (χ4n) is 3.57. The summed E-state index contributed by atoms with van der Waals surface area (Å²) in [4.78, 5) is 13.4. The minimum atomic E-state index is -0.666. The first kappa shape index (κ1) is 22.5. The van der Waals surface area contributed by atoms with Crippen LogP contribution in [0.5, 0.6) is 0 Å². The van der Waals surface area contributed by atoms with E-state index in [1.165, 1.54) is 23.9 Å². The Morgan fingerprint density at radius 3 is 2.31 bits per heavy atom. The lowest BCUT2D eigenvalue weighted by Gasteiger charge is -2.17. The van der Waals surface area contributed by atoms with Crippen LogP contribution in [0.1, 0.15) is 16.6 Å². The van der Waals surface area contributed by atoms with Crippen LogP contribution in [0.25, 0.3) is 17.1 Å². The van der Waals surface area contributed by atoms with Crippen molar-refractivity contribution in [3.05, 3.63) is 108 Å². The van der Waals surface area contributed by atoms with Crippen LogP contribution in [0.15, 0.2) is 101 Å². The van der Waals surface area contributed by atoms with Crippen molar-refractivity contribution in [1.29, 1.82) is 0 Å². The standard InChI is InChI=1S/C26H20FN5O2S/c1-17-16-22(31-34-17)28-25(33)23(18-8-4-2-5-9-18)35-26-30-29-24(19-10-6-3-7-11-19)32(26)21-14-12-20(27)13-15-21/h2-16,23H,1H3,(H,28,31,33). The molecular weight excluding hydrogens is 465 g/mol. The topological polar surface area (TPSA) is 85.8 Å². The van der Waals surface area contributed by atoms with E-state index < -0.39 is 5.25 Å². The van der Waals surface area contributed by atoms with Crippen LogP contribution in [-0.4, -0.2) is 25.8 Å². The molecule has 2 heterocycles. The lowest BCUT2D eigenvalue weighted by Crippen LogP contribution is -2.19. The van der Waals surface area contributed by atoms with Gasteiger partial charge >= 0.3 is 0 Å². The highest BCUT2D eigenvalue weighted by atomic mass is 32.2. The molecule has 5 aromatic rings. The molecule has 1 unspecified atom stereocenters. The average molecular weight is 486 g/mol. The van der Waals surface area contributed by atoms with E-state index in [0.29, 0.717) is 28.2 Å². The minimum Gasteiger partial charge on any atom is -0.360 e. The highest BCUT2D eigenvalue weighted by Crippen LogP contribution is 2.38. The summed E-state index contributed by atoms with van der Waals surface area (Å²) >= 11 is 1.24. The van der Waals surface area contributed by atoms with Crippen molar-refractivity contribution < 1.29 is 13.7 Å². The van der Waals surface area contributed by atoms with E-state index in [2.05, 4.69) is 20.7 Å². The van der Waals surface area contributed by atoms with Gasteiger partial charge in [-0.25, -0.2) is 4.39 Å². The Morgan fingerprint density at radius 1 is 0.971 bits per heavy atom. The molecule has 2 aromatic heterocycles. The van der Waals surface area contributed by atoms with Crippen LogP contribution in [0.2, 0.25) is 0 Å². The number of aromatic nitrogens is 4. The lowest BCUT2D eigenvalue weighted by molar-refractivity contribution is -0.115. The first-order valence-corrected chi connectivity index (χ1v) is 11.7. The zero-order chi connectivity index (χ0) is 24.2. The van der Waals surface area contributed by atoms with Crippen molar-refractivity contribution in [2.75, 3.05) is 5.32 Å². The smallest absolute Gasteiger partial charge is 0.243 e. The van der Waals surface area contributed by atoms with Crippen molar-refractivity contribution in [1.82, 2.24) is 19.9 Å². The number of nitrogens with one attached hydrogen (secondary N) is 1. The van der Waals surface area contributed by atoms with Gasteiger partial charge in [0.2, 0.25) is 5.91 Å². The van der Waals surface area contributed by atoms with Gasteiger partial charge in [-0.3, -0.25) is 9.36 Å². The highest BCUT2D eigenvalue weighted by molar-refractivity contribution is 8.00. The normalized spacial score (nSPS) is 11.8. The summed E-state index contributed by atoms with van der Waals surface area (Å²) in [6.07, 6.45) is 0. The van der Waals surface area contributed by atoms with Crippen LogP contribution in [0, 0.1) is 12.7 Å². The van der Waals surface area contributed by atoms with Gasteiger partial charge in [0.25, 0.3) is 0 Å². The van der Waals surface area contributed by atoms with Gasteiger partial charge in [-0.15, -0.1) is 10.2 Å². The van der Waals surface area contributed by atoms with E-state index in [-0.39, 0.29) is 11.7 Å². The maximum Gasteiger partial charge on any atom is 0.243 e. The Labute approximate surface area is 205 Å². The molecule has 174 valence electrons. The Balaban J connectivity index is 1.57. The Morgan fingerprint density at radius 2 is 1.66 bits per heavy atom. The predicted octanol–water partition coefficient (Wildman–Crippen LogP) is 5.84. The number of carbonyl (C=O) groups excluding carboxylic acids is 1. The Hall–Kier alpha value is -4.24. The summed E-state index contributed by atoms with van der Waals surface area (Å²) in [7, 11) is 0. The molecule has 3 aromatic carbocycles. The van der Waals surface area contributed by atoms with Gasteiger partial charge in [0.1, 0.15) is 16.8 Å². The number of halogens is 1. The van der Waals surface area contributed by atoms with E-state index >= 15 is 0 Å². The van der Waals surface area contributed by atoms with Crippen LogP contribution < -0.4 is 5.32 Å². The Kier molecular flexibility index (Phi) is 6.40. The minimum absolute atomic E-state index is 0.288. The molecule has 0 saturated heterocycles. The van der Waals surface area contributed by atoms with Gasteiger partial charge in [0.15, 0.2) is 16.8 Å².